The smallest absolute Gasteiger partial charge is 0.332 e. The number of anilines is 1. The number of imidazole rings is 1. The molecule has 3 heterocycles. The number of rotatable bonds is 4. The molecular weight excluding hydrogens is 412 g/mol. The molecule has 10 nitrogen and oxygen atoms in total. The summed E-state index contributed by atoms with van der Waals surface area (Å²) in [4.78, 5) is 41.8. The van der Waals surface area contributed by atoms with Crippen molar-refractivity contribution in [2.24, 2.45) is 19.2 Å². The van der Waals surface area contributed by atoms with E-state index in [9.17, 15) is 14.4 Å². The van der Waals surface area contributed by atoms with E-state index < -0.39 is 17.2 Å². The molecule has 0 N–H and O–H groups in total. The number of nitrogens with zero attached hydrogens (tertiary/aromatic N) is 6. The molecule has 0 radical (unpaired) electrons. The predicted molar refractivity (Wildman–Crippen MR) is 112 cm³/mol. The van der Waals surface area contributed by atoms with Crippen molar-refractivity contribution in [2.75, 3.05) is 18.2 Å². The van der Waals surface area contributed by atoms with Crippen molar-refractivity contribution in [1.29, 1.82) is 0 Å². The Morgan fingerprint density at radius 2 is 1.87 bits per heavy atom. The third kappa shape index (κ3) is 3.18. The lowest BCUT2D eigenvalue weighted by atomic mass is 10.1. The first-order chi connectivity index (χ1) is 14.3. The Kier molecular flexibility index (Phi) is 4.94. The van der Waals surface area contributed by atoms with Crippen LogP contribution in [0.5, 0.6) is 0 Å². The van der Waals surface area contributed by atoms with Crippen LogP contribution in [0.25, 0.3) is 11.2 Å². The van der Waals surface area contributed by atoms with Crippen molar-refractivity contribution in [2.45, 2.75) is 13.5 Å². The fourth-order valence-corrected chi connectivity index (χ4v) is 3.51. The van der Waals surface area contributed by atoms with Crippen LogP contribution in [0.15, 0.2) is 39.0 Å². The molecular formula is C19H19ClN6O4. The van der Waals surface area contributed by atoms with Crippen LogP contribution in [0.2, 0.25) is 5.02 Å². The molecule has 1 aromatic carbocycles. The van der Waals surface area contributed by atoms with E-state index in [1.807, 2.05) is 12.1 Å². The number of hydrogen-bond donors (Lipinski definition) is 0. The van der Waals surface area contributed by atoms with Gasteiger partial charge >= 0.3 is 11.7 Å². The zero-order valence-corrected chi connectivity index (χ0v) is 17.4. The summed E-state index contributed by atoms with van der Waals surface area (Å²) in [5.41, 5.74) is 0.907. The molecule has 2 aromatic heterocycles. The maximum absolute atomic E-state index is 12.9. The number of benzene rings is 1. The van der Waals surface area contributed by atoms with Crippen LogP contribution >= 0.6 is 11.6 Å². The molecule has 1 aliphatic rings. The lowest BCUT2D eigenvalue weighted by Crippen LogP contribution is -2.38. The van der Waals surface area contributed by atoms with Crippen molar-refractivity contribution in [1.82, 2.24) is 18.7 Å². The maximum Gasteiger partial charge on any atom is 0.332 e. The van der Waals surface area contributed by atoms with E-state index >= 15 is 0 Å². The van der Waals surface area contributed by atoms with Crippen molar-refractivity contribution in [3.63, 3.8) is 0 Å². The molecule has 1 aliphatic heterocycles. The Morgan fingerprint density at radius 3 is 2.53 bits per heavy atom. The number of esters is 1. The van der Waals surface area contributed by atoms with Crippen LogP contribution in [0.4, 0.5) is 5.95 Å². The van der Waals surface area contributed by atoms with Crippen LogP contribution in [-0.2, 0) is 30.2 Å². The van der Waals surface area contributed by atoms with Crippen LogP contribution in [-0.4, -0.2) is 43.5 Å². The molecule has 0 bridgehead atoms. The number of carbonyl (C=O) groups excluding carboxylic acids is 1. The molecule has 30 heavy (non-hydrogen) atoms. The van der Waals surface area contributed by atoms with Crippen LogP contribution in [0.1, 0.15) is 12.5 Å². The summed E-state index contributed by atoms with van der Waals surface area (Å²) in [5, 5.41) is 6.54. The summed E-state index contributed by atoms with van der Waals surface area (Å²) in [6.07, 6.45) is 0. The molecule has 0 aliphatic carbocycles. The van der Waals surface area contributed by atoms with Gasteiger partial charge in [-0.05, 0) is 24.6 Å². The first kappa shape index (κ1) is 19.9. The Morgan fingerprint density at radius 1 is 1.17 bits per heavy atom. The summed E-state index contributed by atoms with van der Waals surface area (Å²) < 4.78 is 9.04. The lowest BCUT2D eigenvalue weighted by molar-refractivity contribution is -0.141. The van der Waals surface area contributed by atoms with Gasteiger partial charge in [-0.15, -0.1) is 0 Å². The molecule has 0 unspecified atom stereocenters. The molecule has 0 amide bonds. The van der Waals surface area contributed by atoms with Crippen molar-refractivity contribution in [3.05, 3.63) is 55.7 Å². The highest BCUT2D eigenvalue weighted by Crippen LogP contribution is 2.25. The summed E-state index contributed by atoms with van der Waals surface area (Å²) in [5.74, 6) is -0.201. The summed E-state index contributed by atoms with van der Waals surface area (Å²) in [7, 11) is 2.96. The van der Waals surface area contributed by atoms with Gasteiger partial charge in [0, 0.05) is 19.1 Å². The monoisotopic (exact) mass is 430 g/mol. The maximum atomic E-state index is 12.9. The highest BCUT2D eigenvalue weighted by atomic mass is 35.5. The highest BCUT2D eigenvalue weighted by Gasteiger charge is 2.29. The van der Waals surface area contributed by atoms with Gasteiger partial charge in [0.1, 0.15) is 6.54 Å². The molecule has 3 aromatic rings. The van der Waals surface area contributed by atoms with Gasteiger partial charge in [0.05, 0.1) is 18.9 Å². The fourth-order valence-electron chi connectivity index (χ4n) is 3.38. The molecule has 0 atom stereocenters. The van der Waals surface area contributed by atoms with Gasteiger partial charge in [0.2, 0.25) is 5.95 Å². The van der Waals surface area contributed by atoms with Crippen LogP contribution in [0, 0.1) is 0 Å². The molecule has 0 saturated carbocycles. The Bertz CT molecular complexity index is 1300. The van der Waals surface area contributed by atoms with E-state index in [1.54, 1.807) is 30.7 Å². The average molecular weight is 431 g/mol. The summed E-state index contributed by atoms with van der Waals surface area (Å²) in [6.45, 7) is 1.99. The number of hydrazone groups is 1. The third-order valence-electron chi connectivity index (χ3n) is 4.87. The quantitative estimate of drug-likeness (QED) is 0.569. The van der Waals surface area contributed by atoms with E-state index in [-0.39, 0.29) is 36.8 Å². The van der Waals surface area contributed by atoms with Gasteiger partial charge in [0.25, 0.3) is 5.56 Å². The van der Waals surface area contributed by atoms with E-state index in [2.05, 4.69) is 10.1 Å². The molecule has 0 saturated heterocycles. The van der Waals surface area contributed by atoms with E-state index in [0.717, 1.165) is 10.1 Å². The topological polar surface area (TPSA) is 104 Å². The Balaban J connectivity index is 1.93. The number of halogens is 1. The van der Waals surface area contributed by atoms with Gasteiger partial charge in [-0.1, -0.05) is 23.7 Å². The van der Waals surface area contributed by atoms with Crippen molar-refractivity contribution < 1.29 is 9.53 Å². The summed E-state index contributed by atoms with van der Waals surface area (Å²) >= 11 is 5.99. The normalized spacial score (nSPS) is 13.3. The Hall–Kier alpha value is -3.40. The van der Waals surface area contributed by atoms with E-state index in [4.69, 9.17) is 16.3 Å². The second-order valence-corrected chi connectivity index (χ2v) is 7.23. The summed E-state index contributed by atoms with van der Waals surface area (Å²) in [6, 6.07) is 7.09. The van der Waals surface area contributed by atoms with Crippen molar-refractivity contribution >= 4 is 40.4 Å². The number of aryl methyl sites for hydroxylation is 1. The van der Waals surface area contributed by atoms with Gasteiger partial charge < -0.3 is 4.74 Å². The minimum Gasteiger partial charge on any atom is -0.465 e. The molecule has 11 heteroatoms. The predicted octanol–water partition coefficient (Wildman–Crippen LogP) is 0.874. The lowest BCUT2D eigenvalue weighted by Gasteiger charge is -2.25. The number of aromatic nitrogens is 4. The number of carbonyl (C=O) groups is 1. The Labute approximate surface area is 175 Å². The molecule has 0 spiro atoms. The largest absolute Gasteiger partial charge is 0.465 e. The van der Waals surface area contributed by atoms with E-state index in [0.29, 0.717) is 10.7 Å². The zero-order chi connectivity index (χ0) is 21.6. The molecule has 156 valence electrons. The highest BCUT2D eigenvalue weighted by molar-refractivity contribution is 6.30. The number of ether oxygens (including phenoxy) is 1. The minimum atomic E-state index is -0.487. The minimum absolute atomic E-state index is 0.192. The van der Waals surface area contributed by atoms with E-state index in [1.165, 1.54) is 16.6 Å². The zero-order valence-electron chi connectivity index (χ0n) is 16.6. The fraction of sp³-hybridized carbons (Fsp3) is 0.316. The molecule has 4 rings (SSSR count). The van der Waals surface area contributed by atoms with Crippen molar-refractivity contribution in [3.8, 4) is 0 Å². The molecule has 0 fully saturated rings. The van der Waals surface area contributed by atoms with Crippen LogP contribution < -0.4 is 16.3 Å². The third-order valence-corrected chi connectivity index (χ3v) is 5.12. The SMILES string of the molecule is CCOC(=O)CN1N=C(c2ccc(Cl)cc2)Cn2c1nc1c2c(=O)n(C)c(=O)n1C. The number of fused-ring (bicyclic) bond motifs is 3. The number of hydrogen-bond acceptors (Lipinski definition) is 7. The van der Waals surface area contributed by atoms with Crippen LogP contribution in [0.3, 0.4) is 0 Å². The van der Waals surface area contributed by atoms with Gasteiger partial charge in [-0.25, -0.2) is 9.80 Å². The second-order valence-electron chi connectivity index (χ2n) is 6.79. The second kappa shape index (κ2) is 7.45. The van der Waals surface area contributed by atoms with Gasteiger partial charge in [-0.3, -0.25) is 23.3 Å². The van der Waals surface area contributed by atoms with Gasteiger partial charge in [0.15, 0.2) is 11.2 Å². The first-order valence-corrected chi connectivity index (χ1v) is 9.62. The standard InChI is InChI=1S/C19H19ClN6O4/c1-4-30-14(27)10-26-18-21-16-15(17(28)24(3)19(29)23(16)2)25(18)9-13(22-26)11-5-7-12(20)8-6-11/h5-8H,4,9-10H2,1-3H3. The first-order valence-electron chi connectivity index (χ1n) is 9.24. The average Bonchev–Trinajstić information content (AvgIpc) is 3.11. The van der Waals surface area contributed by atoms with Gasteiger partial charge in [-0.2, -0.15) is 10.1 Å².